The van der Waals surface area contributed by atoms with Gasteiger partial charge in [-0.3, -0.25) is 9.59 Å². The second-order valence-corrected chi connectivity index (χ2v) is 3.89. The zero-order valence-corrected chi connectivity index (χ0v) is 9.32. The van der Waals surface area contributed by atoms with Crippen LogP contribution in [0.4, 0.5) is 0 Å². The van der Waals surface area contributed by atoms with Gasteiger partial charge in [-0.2, -0.15) is 0 Å². The number of hydrogen-bond donors (Lipinski definition) is 3. The molecule has 0 aromatic rings. The lowest BCUT2D eigenvalue weighted by atomic mass is 10.1. The molecule has 0 fully saturated rings. The molecular weight excluding hydrogens is 196 g/mol. The highest BCUT2D eigenvalue weighted by Crippen LogP contribution is 1.99. The maximum Gasteiger partial charge on any atom is 0.320 e. The molecule has 15 heavy (non-hydrogen) atoms. The zero-order valence-electron chi connectivity index (χ0n) is 9.32. The third-order valence-corrected chi connectivity index (χ3v) is 2.08. The van der Waals surface area contributed by atoms with Crippen molar-refractivity contribution < 1.29 is 14.7 Å². The number of amides is 1. The molecule has 0 aliphatic rings. The summed E-state index contributed by atoms with van der Waals surface area (Å²) >= 11 is 0. The lowest BCUT2D eigenvalue weighted by Crippen LogP contribution is -2.31. The quantitative estimate of drug-likeness (QED) is 0.535. The van der Waals surface area contributed by atoms with E-state index in [1.165, 1.54) is 0 Å². The number of nitrogens with two attached hydrogens (primary N) is 1. The molecule has 88 valence electrons. The molecule has 0 aliphatic heterocycles. The molecule has 0 aliphatic carbocycles. The summed E-state index contributed by atoms with van der Waals surface area (Å²) in [5.74, 6) is -0.954. The summed E-state index contributed by atoms with van der Waals surface area (Å²) in [7, 11) is 0. The standard InChI is InChI=1S/C10H20N2O3/c1-7(2)9(13)12-6-4-3-5-8(11)10(14)15/h7-8H,3-6,11H2,1-2H3,(H,12,13)(H,14,15)/t8-/m0/s1. The molecule has 0 radical (unpaired) electrons. The van der Waals surface area contributed by atoms with Gasteiger partial charge in [0, 0.05) is 12.5 Å². The molecule has 0 saturated carbocycles. The summed E-state index contributed by atoms with van der Waals surface area (Å²) < 4.78 is 0. The third-order valence-electron chi connectivity index (χ3n) is 2.08. The number of hydrogen-bond acceptors (Lipinski definition) is 3. The summed E-state index contributed by atoms with van der Waals surface area (Å²) in [6, 6.07) is -0.786. The smallest absolute Gasteiger partial charge is 0.320 e. The van der Waals surface area contributed by atoms with Gasteiger partial charge in [-0.1, -0.05) is 13.8 Å². The van der Waals surface area contributed by atoms with Crippen molar-refractivity contribution in [3.05, 3.63) is 0 Å². The second-order valence-electron chi connectivity index (χ2n) is 3.89. The van der Waals surface area contributed by atoms with Crippen LogP contribution in [0.3, 0.4) is 0 Å². The van der Waals surface area contributed by atoms with Gasteiger partial charge in [0.2, 0.25) is 5.91 Å². The van der Waals surface area contributed by atoms with Gasteiger partial charge in [-0.05, 0) is 19.3 Å². The first kappa shape index (κ1) is 13.9. The Bertz CT molecular complexity index is 217. The molecule has 0 bridgehead atoms. The van der Waals surface area contributed by atoms with Crippen molar-refractivity contribution in [3.63, 3.8) is 0 Å². The second kappa shape index (κ2) is 7.23. The Labute approximate surface area is 90.0 Å². The molecule has 5 nitrogen and oxygen atoms in total. The Hall–Kier alpha value is -1.10. The maximum atomic E-state index is 11.1. The van der Waals surface area contributed by atoms with Crippen molar-refractivity contribution in [1.82, 2.24) is 5.32 Å². The van der Waals surface area contributed by atoms with E-state index in [2.05, 4.69) is 5.32 Å². The van der Waals surface area contributed by atoms with Gasteiger partial charge in [0.25, 0.3) is 0 Å². The number of unbranched alkanes of at least 4 members (excludes halogenated alkanes) is 1. The van der Waals surface area contributed by atoms with Crippen LogP contribution in [-0.4, -0.2) is 29.6 Å². The number of aliphatic carboxylic acids is 1. The molecule has 0 aromatic heterocycles. The van der Waals surface area contributed by atoms with Crippen LogP contribution < -0.4 is 11.1 Å². The van der Waals surface area contributed by atoms with Crippen LogP contribution in [0.15, 0.2) is 0 Å². The van der Waals surface area contributed by atoms with Gasteiger partial charge in [-0.15, -0.1) is 0 Å². The normalized spacial score (nSPS) is 12.5. The Morgan fingerprint density at radius 1 is 1.33 bits per heavy atom. The summed E-state index contributed by atoms with van der Waals surface area (Å²) in [6.45, 7) is 4.24. The first-order chi connectivity index (χ1) is 6.95. The molecule has 1 atom stereocenters. The molecule has 0 saturated heterocycles. The van der Waals surface area contributed by atoms with Crippen molar-refractivity contribution in [2.24, 2.45) is 11.7 Å². The predicted molar refractivity (Wildman–Crippen MR) is 57.3 cm³/mol. The minimum Gasteiger partial charge on any atom is -0.480 e. The lowest BCUT2D eigenvalue weighted by molar-refractivity contribution is -0.138. The van der Waals surface area contributed by atoms with Gasteiger partial charge in [0.15, 0.2) is 0 Å². The molecule has 0 spiro atoms. The van der Waals surface area contributed by atoms with Crippen LogP contribution in [0.25, 0.3) is 0 Å². The Morgan fingerprint density at radius 2 is 1.93 bits per heavy atom. The number of carbonyl (C=O) groups excluding carboxylic acids is 1. The van der Waals surface area contributed by atoms with Crippen molar-refractivity contribution in [1.29, 1.82) is 0 Å². The van der Waals surface area contributed by atoms with Crippen molar-refractivity contribution in [2.75, 3.05) is 6.54 Å². The Morgan fingerprint density at radius 3 is 2.40 bits per heavy atom. The van der Waals surface area contributed by atoms with Crippen LogP contribution in [0.1, 0.15) is 33.1 Å². The van der Waals surface area contributed by atoms with E-state index in [4.69, 9.17) is 10.8 Å². The molecule has 0 heterocycles. The van der Waals surface area contributed by atoms with Gasteiger partial charge in [0.05, 0.1) is 0 Å². The van der Waals surface area contributed by atoms with Crippen molar-refractivity contribution >= 4 is 11.9 Å². The predicted octanol–water partition coefficient (Wildman–Crippen LogP) is 0.341. The lowest BCUT2D eigenvalue weighted by Gasteiger charge is -2.08. The summed E-state index contributed by atoms with van der Waals surface area (Å²) in [4.78, 5) is 21.5. The van der Waals surface area contributed by atoms with E-state index in [0.29, 0.717) is 19.4 Å². The van der Waals surface area contributed by atoms with E-state index < -0.39 is 12.0 Å². The summed E-state index contributed by atoms with van der Waals surface area (Å²) in [5.41, 5.74) is 5.32. The van der Waals surface area contributed by atoms with E-state index in [0.717, 1.165) is 6.42 Å². The highest BCUT2D eigenvalue weighted by atomic mass is 16.4. The highest BCUT2D eigenvalue weighted by Gasteiger charge is 2.10. The number of nitrogens with one attached hydrogen (secondary N) is 1. The maximum absolute atomic E-state index is 11.1. The number of carbonyl (C=O) groups is 2. The first-order valence-corrected chi connectivity index (χ1v) is 5.21. The largest absolute Gasteiger partial charge is 0.480 e. The van der Waals surface area contributed by atoms with E-state index in [1.807, 2.05) is 13.8 Å². The molecule has 0 unspecified atom stereocenters. The molecule has 1 amide bonds. The first-order valence-electron chi connectivity index (χ1n) is 5.21. The average molecular weight is 216 g/mol. The summed E-state index contributed by atoms with van der Waals surface area (Å²) in [5, 5.41) is 11.3. The third kappa shape index (κ3) is 6.90. The van der Waals surface area contributed by atoms with Crippen molar-refractivity contribution in [3.8, 4) is 0 Å². The zero-order chi connectivity index (χ0) is 11.8. The highest BCUT2D eigenvalue weighted by molar-refractivity contribution is 5.77. The molecular formula is C10H20N2O3. The SMILES string of the molecule is CC(C)C(=O)NCCCC[C@H](N)C(=O)O. The van der Waals surface area contributed by atoms with E-state index >= 15 is 0 Å². The van der Waals surface area contributed by atoms with Gasteiger partial charge < -0.3 is 16.2 Å². The van der Waals surface area contributed by atoms with E-state index in [1.54, 1.807) is 0 Å². The number of carboxylic acids is 1. The monoisotopic (exact) mass is 216 g/mol. The van der Waals surface area contributed by atoms with E-state index in [-0.39, 0.29) is 11.8 Å². The fourth-order valence-electron chi connectivity index (χ4n) is 1.03. The van der Waals surface area contributed by atoms with Crippen LogP contribution in [0, 0.1) is 5.92 Å². The van der Waals surface area contributed by atoms with Crippen LogP contribution >= 0.6 is 0 Å². The van der Waals surface area contributed by atoms with Crippen LogP contribution in [-0.2, 0) is 9.59 Å². The summed E-state index contributed by atoms with van der Waals surface area (Å²) in [6.07, 6.45) is 1.93. The molecule has 4 N–H and O–H groups in total. The van der Waals surface area contributed by atoms with Crippen LogP contribution in [0.5, 0.6) is 0 Å². The number of carboxylic acid groups (broad SMARTS) is 1. The van der Waals surface area contributed by atoms with Crippen molar-refractivity contribution in [2.45, 2.75) is 39.2 Å². The minimum atomic E-state index is -0.971. The Kier molecular flexibility index (Phi) is 6.70. The van der Waals surface area contributed by atoms with Crippen LogP contribution in [0.2, 0.25) is 0 Å². The number of rotatable bonds is 7. The Balaban J connectivity index is 3.40. The molecule has 0 rings (SSSR count). The minimum absolute atomic E-state index is 0.00808. The molecule has 0 aromatic carbocycles. The van der Waals surface area contributed by atoms with Gasteiger partial charge >= 0.3 is 5.97 Å². The fraction of sp³-hybridized carbons (Fsp3) is 0.800. The van der Waals surface area contributed by atoms with E-state index in [9.17, 15) is 9.59 Å². The van der Waals surface area contributed by atoms with Gasteiger partial charge in [0.1, 0.15) is 6.04 Å². The average Bonchev–Trinajstić information content (AvgIpc) is 2.16. The van der Waals surface area contributed by atoms with Gasteiger partial charge in [-0.25, -0.2) is 0 Å². The fourth-order valence-corrected chi connectivity index (χ4v) is 1.03. The topological polar surface area (TPSA) is 92.4 Å². The molecule has 5 heteroatoms.